The van der Waals surface area contributed by atoms with Gasteiger partial charge in [0.2, 0.25) is 5.91 Å². The van der Waals surface area contributed by atoms with Crippen LogP contribution in [0, 0.1) is 11.6 Å². The average molecular weight is 496 g/mol. The molecule has 11 heteroatoms. The molecule has 2 atom stereocenters. The molecule has 5 amide bonds. The second-order valence-corrected chi connectivity index (χ2v) is 8.80. The van der Waals surface area contributed by atoms with E-state index in [1.807, 2.05) is 0 Å². The maximum Gasteiger partial charge on any atom is 0.322 e. The lowest BCUT2D eigenvalue weighted by Gasteiger charge is -2.40. The van der Waals surface area contributed by atoms with Gasteiger partial charge < -0.3 is 19.9 Å². The number of amides is 5. The van der Waals surface area contributed by atoms with E-state index in [1.165, 1.54) is 29.2 Å². The zero-order valence-electron chi connectivity index (χ0n) is 19.0. The van der Waals surface area contributed by atoms with Gasteiger partial charge in [-0.05, 0) is 42.0 Å². The molecule has 2 saturated heterocycles. The van der Waals surface area contributed by atoms with E-state index >= 15 is 0 Å². The highest BCUT2D eigenvalue weighted by atomic mass is 19.1. The average Bonchev–Trinajstić information content (AvgIpc) is 3.16. The third kappa shape index (κ3) is 4.28. The molecular weight excluding hydrogens is 474 g/mol. The van der Waals surface area contributed by atoms with Crippen LogP contribution in [0.25, 0.3) is 6.08 Å². The summed E-state index contributed by atoms with van der Waals surface area (Å²) in [4.78, 5) is 53.6. The van der Waals surface area contributed by atoms with Crippen molar-refractivity contribution in [2.24, 2.45) is 0 Å². The normalized spacial score (nSPS) is 23.3. The van der Waals surface area contributed by atoms with Crippen molar-refractivity contribution >= 4 is 29.8 Å². The van der Waals surface area contributed by atoms with Gasteiger partial charge in [-0.2, -0.15) is 0 Å². The second-order valence-electron chi connectivity index (χ2n) is 8.80. The van der Waals surface area contributed by atoms with Gasteiger partial charge in [0.15, 0.2) is 11.6 Å². The van der Waals surface area contributed by atoms with Crippen molar-refractivity contribution in [3.8, 4) is 5.75 Å². The number of hydrogen-bond acceptors (Lipinski definition) is 5. The van der Waals surface area contributed by atoms with Crippen molar-refractivity contribution in [1.29, 1.82) is 0 Å². The summed E-state index contributed by atoms with van der Waals surface area (Å²) in [5.41, 5.74) is -0.779. The molecule has 0 radical (unpaired) electrons. The van der Waals surface area contributed by atoms with Crippen LogP contribution in [0.4, 0.5) is 13.6 Å². The third-order valence-corrected chi connectivity index (χ3v) is 6.57. The number of urea groups is 1. The van der Waals surface area contributed by atoms with Gasteiger partial charge in [0.25, 0.3) is 11.8 Å². The van der Waals surface area contributed by atoms with Crippen LogP contribution in [0.3, 0.4) is 0 Å². The standard InChI is InChI=1S/C25H22F2N4O5/c26-16-4-1-15(2-5-16)3-8-21(32)30-9-11-31(12-10-30)22(33)20-14-25(23(34)28-24(35)29-25)18-13-17(27)6-7-19(18)36-20/h1-8,13,20H,9-12,14H2,(H2,28,29,34,35). The predicted octanol–water partition coefficient (Wildman–Crippen LogP) is 1.53. The summed E-state index contributed by atoms with van der Waals surface area (Å²) in [5, 5.41) is 4.70. The highest BCUT2D eigenvalue weighted by molar-refractivity contribution is 6.08. The van der Waals surface area contributed by atoms with Crippen molar-refractivity contribution in [1.82, 2.24) is 20.4 Å². The molecule has 3 aliphatic heterocycles. The van der Waals surface area contributed by atoms with E-state index in [2.05, 4.69) is 10.6 Å². The molecule has 2 fully saturated rings. The van der Waals surface area contributed by atoms with Crippen molar-refractivity contribution in [2.75, 3.05) is 26.2 Å². The maximum atomic E-state index is 13.9. The number of fused-ring (bicyclic) bond motifs is 2. The molecule has 186 valence electrons. The van der Waals surface area contributed by atoms with Crippen LogP contribution < -0.4 is 15.4 Å². The predicted molar refractivity (Wildman–Crippen MR) is 122 cm³/mol. The monoisotopic (exact) mass is 496 g/mol. The van der Waals surface area contributed by atoms with Gasteiger partial charge >= 0.3 is 6.03 Å². The van der Waals surface area contributed by atoms with Gasteiger partial charge in [-0.25, -0.2) is 13.6 Å². The Hall–Kier alpha value is -4.28. The number of piperazine rings is 1. The van der Waals surface area contributed by atoms with Crippen LogP contribution in [0.5, 0.6) is 5.75 Å². The molecule has 2 N–H and O–H groups in total. The number of benzene rings is 2. The molecule has 36 heavy (non-hydrogen) atoms. The fourth-order valence-electron chi connectivity index (χ4n) is 4.68. The van der Waals surface area contributed by atoms with E-state index in [0.717, 1.165) is 12.1 Å². The number of carbonyl (C=O) groups is 4. The van der Waals surface area contributed by atoms with Crippen molar-refractivity contribution in [3.05, 3.63) is 71.3 Å². The lowest BCUT2D eigenvalue weighted by Crippen LogP contribution is -2.57. The second kappa shape index (κ2) is 9.06. The van der Waals surface area contributed by atoms with Crippen LogP contribution in [0.2, 0.25) is 0 Å². The Labute approximate surface area is 204 Å². The van der Waals surface area contributed by atoms with Crippen LogP contribution >= 0.6 is 0 Å². The van der Waals surface area contributed by atoms with Gasteiger partial charge in [-0.1, -0.05) is 12.1 Å². The molecule has 2 aromatic rings. The van der Waals surface area contributed by atoms with Crippen molar-refractivity contribution in [2.45, 2.75) is 18.1 Å². The first kappa shape index (κ1) is 23.5. The van der Waals surface area contributed by atoms with E-state index in [9.17, 15) is 28.0 Å². The highest BCUT2D eigenvalue weighted by Gasteiger charge is 2.55. The molecule has 9 nitrogen and oxygen atoms in total. The molecule has 0 aromatic heterocycles. The van der Waals surface area contributed by atoms with Gasteiger partial charge in [-0.15, -0.1) is 0 Å². The lowest BCUT2D eigenvalue weighted by atomic mass is 9.81. The van der Waals surface area contributed by atoms with E-state index < -0.39 is 35.3 Å². The van der Waals surface area contributed by atoms with Crippen LogP contribution in [0.1, 0.15) is 17.5 Å². The summed E-state index contributed by atoms with van der Waals surface area (Å²) in [6.07, 6.45) is 1.71. The molecule has 3 heterocycles. The summed E-state index contributed by atoms with van der Waals surface area (Å²) in [6, 6.07) is 8.60. The molecular formula is C25H22F2N4O5. The van der Waals surface area contributed by atoms with Gasteiger partial charge in [0, 0.05) is 44.2 Å². The minimum absolute atomic E-state index is 0.137. The van der Waals surface area contributed by atoms with Crippen LogP contribution in [0.15, 0.2) is 48.5 Å². The molecule has 1 spiro atoms. The molecule has 0 bridgehead atoms. The smallest absolute Gasteiger partial charge is 0.322 e. The Kier molecular flexibility index (Phi) is 5.91. The van der Waals surface area contributed by atoms with Gasteiger partial charge in [-0.3, -0.25) is 19.7 Å². The Bertz CT molecular complexity index is 1270. The number of carbonyl (C=O) groups excluding carboxylic acids is 4. The number of halogens is 2. The van der Waals surface area contributed by atoms with E-state index in [1.54, 1.807) is 23.1 Å². The van der Waals surface area contributed by atoms with E-state index in [4.69, 9.17) is 4.74 Å². The van der Waals surface area contributed by atoms with Crippen molar-refractivity contribution in [3.63, 3.8) is 0 Å². The highest BCUT2D eigenvalue weighted by Crippen LogP contribution is 2.42. The maximum absolute atomic E-state index is 13.9. The molecule has 5 rings (SSSR count). The Morgan fingerprint density at radius 2 is 1.64 bits per heavy atom. The van der Waals surface area contributed by atoms with Gasteiger partial charge in [0.1, 0.15) is 17.4 Å². The zero-order valence-corrected chi connectivity index (χ0v) is 19.0. The summed E-state index contributed by atoms with van der Waals surface area (Å²) in [7, 11) is 0. The number of hydrogen-bond donors (Lipinski definition) is 2. The number of nitrogens with one attached hydrogen (secondary N) is 2. The molecule has 3 aliphatic rings. The molecule has 2 aromatic carbocycles. The minimum atomic E-state index is -1.62. The van der Waals surface area contributed by atoms with Crippen molar-refractivity contribution < 1.29 is 32.7 Å². The Balaban J connectivity index is 1.26. The first-order valence-corrected chi connectivity index (χ1v) is 11.4. The summed E-state index contributed by atoms with van der Waals surface area (Å²) < 4.78 is 32.8. The number of nitrogens with zero attached hydrogens (tertiary/aromatic N) is 2. The van der Waals surface area contributed by atoms with Gasteiger partial charge in [0.05, 0.1) is 0 Å². The first-order chi connectivity index (χ1) is 17.2. The number of imide groups is 1. The van der Waals surface area contributed by atoms with E-state index in [0.29, 0.717) is 5.56 Å². The quantitative estimate of drug-likeness (QED) is 0.495. The first-order valence-electron chi connectivity index (χ1n) is 11.4. The summed E-state index contributed by atoms with van der Waals surface area (Å²) in [6.45, 7) is 1.07. The lowest BCUT2D eigenvalue weighted by molar-refractivity contribution is -0.145. The Morgan fingerprint density at radius 3 is 2.31 bits per heavy atom. The molecule has 0 aliphatic carbocycles. The fraction of sp³-hybridized carbons (Fsp3) is 0.280. The topological polar surface area (TPSA) is 108 Å². The minimum Gasteiger partial charge on any atom is -0.480 e. The number of rotatable bonds is 3. The summed E-state index contributed by atoms with van der Waals surface area (Å²) >= 11 is 0. The Morgan fingerprint density at radius 1 is 0.972 bits per heavy atom. The largest absolute Gasteiger partial charge is 0.480 e. The van der Waals surface area contributed by atoms with Crippen LogP contribution in [-0.4, -0.2) is 65.8 Å². The fourth-order valence-corrected chi connectivity index (χ4v) is 4.68. The van der Waals surface area contributed by atoms with E-state index in [-0.39, 0.29) is 55.6 Å². The summed E-state index contributed by atoms with van der Waals surface area (Å²) in [5.74, 6) is -2.14. The number of ether oxygens (including phenoxy) is 1. The third-order valence-electron chi connectivity index (χ3n) is 6.57. The van der Waals surface area contributed by atoms with Crippen LogP contribution in [-0.2, 0) is 19.9 Å². The zero-order chi connectivity index (χ0) is 25.4. The molecule has 2 unspecified atom stereocenters. The molecule has 0 saturated carbocycles. The SMILES string of the molecule is O=C1NC(=O)C2(CC(C(=O)N3CCN(C(=O)C=Cc4ccc(F)cc4)CC3)Oc3ccc(F)cc32)N1.